The van der Waals surface area contributed by atoms with E-state index in [-0.39, 0.29) is 11.9 Å². The highest BCUT2D eigenvalue weighted by Crippen LogP contribution is 2.42. The van der Waals surface area contributed by atoms with Crippen molar-refractivity contribution >= 4 is 11.9 Å². The zero-order valence-electron chi connectivity index (χ0n) is 12.9. The van der Waals surface area contributed by atoms with Crippen LogP contribution in [0.5, 0.6) is 0 Å². The van der Waals surface area contributed by atoms with E-state index >= 15 is 0 Å². The van der Waals surface area contributed by atoms with Crippen molar-refractivity contribution in [1.29, 1.82) is 0 Å². The molecule has 1 fully saturated rings. The van der Waals surface area contributed by atoms with Gasteiger partial charge >= 0.3 is 5.97 Å². The average Bonchev–Trinajstić information content (AvgIpc) is 2.77. The van der Waals surface area contributed by atoms with E-state index in [1.807, 2.05) is 30.3 Å². The van der Waals surface area contributed by atoms with Crippen molar-refractivity contribution in [3.8, 4) is 0 Å². The van der Waals surface area contributed by atoms with Crippen LogP contribution < -0.4 is 5.32 Å². The van der Waals surface area contributed by atoms with Gasteiger partial charge in [0.05, 0.1) is 6.61 Å². The van der Waals surface area contributed by atoms with E-state index in [2.05, 4.69) is 19.2 Å². The summed E-state index contributed by atoms with van der Waals surface area (Å²) in [5, 5.41) is 2.82. The monoisotopic (exact) mass is 289 g/mol. The molecule has 1 amide bonds. The minimum Gasteiger partial charge on any atom is -0.464 e. The summed E-state index contributed by atoms with van der Waals surface area (Å²) < 4.78 is 5.18. The third-order valence-electron chi connectivity index (χ3n) is 3.98. The number of benzene rings is 1. The zero-order chi connectivity index (χ0) is 15.5. The van der Waals surface area contributed by atoms with Crippen LogP contribution in [-0.2, 0) is 19.7 Å². The van der Waals surface area contributed by atoms with Gasteiger partial charge in [-0.05, 0) is 24.8 Å². The van der Waals surface area contributed by atoms with E-state index in [1.165, 1.54) is 0 Å². The lowest BCUT2D eigenvalue weighted by Gasteiger charge is -2.34. The molecule has 1 aliphatic heterocycles. The Hall–Kier alpha value is -1.84. The van der Waals surface area contributed by atoms with Gasteiger partial charge in [-0.1, -0.05) is 44.2 Å². The highest BCUT2D eigenvalue weighted by atomic mass is 16.5. The largest absolute Gasteiger partial charge is 0.464 e. The van der Waals surface area contributed by atoms with Crippen molar-refractivity contribution in [1.82, 2.24) is 5.32 Å². The predicted octanol–water partition coefficient (Wildman–Crippen LogP) is 2.42. The normalized spacial score (nSPS) is 25.0. The van der Waals surface area contributed by atoms with Gasteiger partial charge in [0.1, 0.15) is 6.04 Å². The average molecular weight is 289 g/mol. The topological polar surface area (TPSA) is 55.4 Å². The molecule has 0 aromatic heterocycles. The minimum absolute atomic E-state index is 0.0856. The highest BCUT2D eigenvalue weighted by molar-refractivity contribution is 5.91. The molecular formula is C17H23NO3. The van der Waals surface area contributed by atoms with Crippen molar-refractivity contribution in [2.45, 2.75) is 45.1 Å². The Morgan fingerprint density at radius 3 is 2.62 bits per heavy atom. The summed E-state index contributed by atoms with van der Waals surface area (Å²) in [5.74, 6) is -0.0553. The zero-order valence-corrected chi connectivity index (χ0v) is 12.9. The maximum Gasteiger partial charge on any atom is 0.329 e. The molecular weight excluding hydrogens is 266 g/mol. The van der Waals surface area contributed by atoms with Crippen LogP contribution in [0.1, 0.15) is 39.2 Å². The first-order chi connectivity index (χ1) is 9.99. The number of ether oxygens (including phenoxy) is 1. The molecule has 1 aromatic rings. The van der Waals surface area contributed by atoms with Crippen LogP contribution in [0.15, 0.2) is 30.3 Å². The van der Waals surface area contributed by atoms with Gasteiger partial charge in [0, 0.05) is 11.8 Å². The fourth-order valence-electron chi connectivity index (χ4n) is 3.32. The number of amides is 1. The van der Waals surface area contributed by atoms with Gasteiger partial charge in [-0.2, -0.15) is 0 Å². The molecule has 1 aliphatic rings. The Balaban J connectivity index is 2.46. The van der Waals surface area contributed by atoms with Crippen molar-refractivity contribution in [2.24, 2.45) is 5.92 Å². The van der Waals surface area contributed by atoms with Crippen LogP contribution in [0, 0.1) is 5.92 Å². The van der Waals surface area contributed by atoms with E-state index < -0.39 is 11.5 Å². The van der Waals surface area contributed by atoms with Crippen molar-refractivity contribution in [3.05, 3.63) is 35.9 Å². The van der Waals surface area contributed by atoms with Gasteiger partial charge in [0.2, 0.25) is 5.91 Å². The summed E-state index contributed by atoms with van der Waals surface area (Å²) in [5.41, 5.74) is 0.508. The fraction of sp³-hybridized carbons (Fsp3) is 0.529. The number of hydrogen-bond donors (Lipinski definition) is 1. The summed E-state index contributed by atoms with van der Waals surface area (Å²) in [6.07, 6.45) is 1.10. The Morgan fingerprint density at radius 1 is 1.38 bits per heavy atom. The van der Waals surface area contributed by atoms with Crippen LogP contribution in [0.4, 0.5) is 0 Å². The molecule has 0 saturated carbocycles. The standard InChI is InChI=1S/C17H23NO3/c1-4-21-16(20)15-17(10-12(2)3,11-14(19)18-15)13-8-6-5-7-9-13/h5-9,12,15H,4,10-11H2,1-3H3,(H,18,19). The molecule has 0 radical (unpaired) electrons. The van der Waals surface area contributed by atoms with E-state index in [9.17, 15) is 9.59 Å². The molecule has 4 nitrogen and oxygen atoms in total. The van der Waals surface area contributed by atoms with E-state index in [0.717, 1.165) is 12.0 Å². The Morgan fingerprint density at radius 2 is 2.05 bits per heavy atom. The summed E-state index contributed by atoms with van der Waals surface area (Å²) in [7, 11) is 0. The quantitative estimate of drug-likeness (QED) is 0.847. The second-order valence-corrected chi connectivity index (χ2v) is 6.05. The third-order valence-corrected chi connectivity index (χ3v) is 3.98. The second-order valence-electron chi connectivity index (χ2n) is 6.05. The predicted molar refractivity (Wildman–Crippen MR) is 80.8 cm³/mol. The molecule has 0 aliphatic carbocycles. The number of esters is 1. The fourth-order valence-corrected chi connectivity index (χ4v) is 3.32. The maximum absolute atomic E-state index is 12.3. The van der Waals surface area contributed by atoms with Crippen molar-refractivity contribution in [2.75, 3.05) is 6.61 Å². The first kappa shape index (κ1) is 15.5. The van der Waals surface area contributed by atoms with Crippen LogP contribution in [0.2, 0.25) is 0 Å². The number of carbonyl (C=O) groups excluding carboxylic acids is 2. The highest BCUT2D eigenvalue weighted by Gasteiger charge is 2.52. The van der Waals surface area contributed by atoms with Gasteiger partial charge in [0.15, 0.2) is 0 Å². The molecule has 2 atom stereocenters. The number of hydrogen-bond acceptors (Lipinski definition) is 3. The number of nitrogens with one attached hydrogen (secondary N) is 1. The molecule has 1 aromatic carbocycles. The van der Waals surface area contributed by atoms with E-state index in [4.69, 9.17) is 4.74 Å². The van der Waals surface area contributed by atoms with Gasteiger partial charge in [-0.25, -0.2) is 4.79 Å². The van der Waals surface area contributed by atoms with E-state index in [0.29, 0.717) is 18.9 Å². The Labute approximate surface area is 125 Å². The van der Waals surface area contributed by atoms with Crippen LogP contribution in [-0.4, -0.2) is 24.5 Å². The lowest BCUT2D eigenvalue weighted by molar-refractivity contribution is -0.147. The lowest BCUT2D eigenvalue weighted by atomic mass is 9.69. The lowest BCUT2D eigenvalue weighted by Crippen LogP contribution is -2.48. The SMILES string of the molecule is CCOC(=O)C1NC(=O)CC1(CC(C)C)c1ccccc1. The Kier molecular flexibility index (Phi) is 4.66. The first-order valence-electron chi connectivity index (χ1n) is 7.51. The molecule has 0 spiro atoms. The number of rotatable bonds is 5. The van der Waals surface area contributed by atoms with Crippen LogP contribution >= 0.6 is 0 Å². The first-order valence-corrected chi connectivity index (χ1v) is 7.51. The summed E-state index contributed by atoms with van der Waals surface area (Å²) in [4.78, 5) is 24.3. The van der Waals surface area contributed by atoms with Crippen molar-refractivity contribution in [3.63, 3.8) is 0 Å². The smallest absolute Gasteiger partial charge is 0.329 e. The van der Waals surface area contributed by atoms with Crippen LogP contribution in [0.25, 0.3) is 0 Å². The van der Waals surface area contributed by atoms with Crippen molar-refractivity contribution < 1.29 is 14.3 Å². The molecule has 21 heavy (non-hydrogen) atoms. The molecule has 2 unspecified atom stereocenters. The Bertz CT molecular complexity index is 512. The second kappa shape index (κ2) is 6.29. The molecule has 1 heterocycles. The molecule has 2 rings (SSSR count). The maximum atomic E-state index is 12.3. The summed E-state index contributed by atoms with van der Waals surface area (Å²) >= 11 is 0. The third kappa shape index (κ3) is 3.09. The molecule has 1 N–H and O–H groups in total. The van der Waals surface area contributed by atoms with Gasteiger partial charge in [-0.15, -0.1) is 0 Å². The van der Waals surface area contributed by atoms with Gasteiger partial charge < -0.3 is 10.1 Å². The van der Waals surface area contributed by atoms with Gasteiger partial charge in [0.25, 0.3) is 0 Å². The molecule has 114 valence electrons. The van der Waals surface area contributed by atoms with Crippen LogP contribution in [0.3, 0.4) is 0 Å². The minimum atomic E-state index is -0.602. The molecule has 0 bridgehead atoms. The molecule has 4 heteroatoms. The van der Waals surface area contributed by atoms with Gasteiger partial charge in [-0.3, -0.25) is 4.79 Å². The summed E-state index contributed by atoms with van der Waals surface area (Å²) in [6.45, 7) is 6.31. The van der Waals surface area contributed by atoms with E-state index in [1.54, 1.807) is 6.92 Å². The summed E-state index contributed by atoms with van der Waals surface area (Å²) in [6, 6.07) is 9.22. The molecule has 1 saturated heterocycles. The number of carbonyl (C=O) groups is 2.